The first-order chi connectivity index (χ1) is 9.88. The van der Waals surface area contributed by atoms with Crippen molar-refractivity contribution in [2.45, 2.75) is 26.4 Å². The van der Waals surface area contributed by atoms with Crippen LogP contribution in [0.4, 0.5) is 0 Å². The minimum absolute atomic E-state index is 0.718. The molecule has 104 valence electrons. The molecule has 0 amide bonds. The number of nitrogens with zero attached hydrogens (tertiary/aromatic N) is 2. The molecule has 0 aliphatic carbocycles. The molecule has 0 radical (unpaired) electrons. The molecule has 0 atom stereocenters. The second-order valence-corrected chi connectivity index (χ2v) is 4.95. The summed E-state index contributed by atoms with van der Waals surface area (Å²) in [5.41, 5.74) is 2.57. The maximum Gasteiger partial charge on any atom is 0.156 e. The Hall–Kier alpha value is -2.07. The highest BCUT2D eigenvalue weighted by Crippen LogP contribution is 2.21. The Bertz CT molecular complexity index is 670. The molecular formula is C16H19N3O. The Morgan fingerprint density at radius 3 is 3.00 bits per heavy atom. The van der Waals surface area contributed by atoms with Gasteiger partial charge in [0.25, 0.3) is 0 Å². The molecule has 0 unspecified atom stereocenters. The Morgan fingerprint density at radius 1 is 1.25 bits per heavy atom. The van der Waals surface area contributed by atoms with E-state index < -0.39 is 0 Å². The number of aromatic nitrogens is 2. The number of nitrogens with one attached hydrogen (secondary N) is 1. The van der Waals surface area contributed by atoms with Gasteiger partial charge in [0.15, 0.2) is 5.76 Å². The minimum Gasteiger partial charge on any atom is -0.359 e. The van der Waals surface area contributed by atoms with E-state index in [1.54, 1.807) is 6.20 Å². The SMILES string of the molecule is CCCNCc1cccc2c1ccn2Cc1ccno1. The maximum absolute atomic E-state index is 5.18. The molecule has 2 heterocycles. The average Bonchev–Trinajstić information content (AvgIpc) is 3.11. The minimum atomic E-state index is 0.718. The molecule has 0 aliphatic rings. The largest absolute Gasteiger partial charge is 0.359 e. The topological polar surface area (TPSA) is 43.0 Å². The lowest BCUT2D eigenvalue weighted by molar-refractivity contribution is 0.378. The van der Waals surface area contributed by atoms with Gasteiger partial charge >= 0.3 is 0 Å². The fourth-order valence-corrected chi connectivity index (χ4v) is 2.47. The third kappa shape index (κ3) is 2.60. The normalized spacial score (nSPS) is 11.2. The summed E-state index contributed by atoms with van der Waals surface area (Å²) in [5.74, 6) is 0.872. The van der Waals surface area contributed by atoms with Crippen molar-refractivity contribution in [1.29, 1.82) is 0 Å². The van der Waals surface area contributed by atoms with Crippen LogP contribution in [-0.2, 0) is 13.1 Å². The third-order valence-electron chi connectivity index (χ3n) is 3.46. The van der Waals surface area contributed by atoms with E-state index in [1.165, 1.54) is 16.5 Å². The number of hydrogen-bond acceptors (Lipinski definition) is 3. The van der Waals surface area contributed by atoms with E-state index in [9.17, 15) is 0 Å². The van der Waals surface area contributed by atoms with Crippen molar-refractivity contribution in [2.24, 2.45) is 0 Å². The highest BCUT2D eigenvalue weighted by atomic mass is 16.5. The van der Waals surface area contributed by atoms with Gasteiger partial charge in [0.05, 0.1) is 12.7 Å². The van der Waals surface area contributed by atoms with Gasteiger partial charge in [-0.2, -0.15) is 0 Å². The predicted molar refractivity (Wildman–Crippen MR) is 79.5 cm³/mol. The molecule has 0 saturated heterocycles. The molecule has 0 aliphatic heterocycles. The fourth-order valence-electron chi connectivity index (χ4n) is 2.47. The van der Waals surface area contributed by atoms with Crippen LogP contribution in [0.5, 0.6) is 0 Å². The van der Waals surface area contributed by atoms with E-state index in [4.69, 9.17) is 4.52 Å². The third-order valence-corrected chi connectivity index (χ3v) is 3.46. The van der Waals surface area contributed by atoms with Gasteiger partial charge in [-0.25, -0.2) is 0 Å². The van der Waals surface area contributed by atoms with Crippen LogP contribution in [0, 0.1) is 0 Å². The molecule has 0 bridgehead atoms. The molecule has 1 N–H and O–H groups in total. The van der Waals surface area contributed by atoms with Crippen LogP contribution >= 0.6 is 0 Å². The summed E-state index contributed by atoms with van der Waals surface area (Å²) in [5, 5.41) is 8.51. The second kappa shape index (κ2) is 5.92. The first-order valence-corrected chi connectivity index (χ1v) is 7.05. The highest BCUT2D eigenvalue weighted by Gasteiger charge is 2.07. The quantitative estimate of drug-likeness (QED) is 0.699. The van der Waals surface area contributed by atoms with Gasteiger partial charge in [-0.3, -0.25) is 0 Å². The molecule has 20 heavy (non-hydrogen) atoms. The van der Waals surface area contributed by atoms with Crippen molar-refractivity contribution in [3.8, 4) is 0 Å². The lowest BCUT2D eigenvalue weighted by atomic mass is 10.1. The van der Waals surface area contributed by atoms with Crippen LogP contribution in [0.15, 0.2) is 47.2 Å². The molecule has 2 aromatic heterocycles. The van der Waals surface area contributed by atoms with Gasteiger partial charge in [-0.05, 0) is 30.7 Å². The Labute approximate surface area is 118 Å². The first kappa shape index (κ1) is 12.9. The summed E-state index contributed by atoms with van der Waals surface area (Å²) in [6, 6.07) is 10.5. The molecule has 3 aromatic rings. The lowest BCUT2D eigenvalue weighted by Gasteiger charge is -2.07. The predicted octanol–water partition coefficient (Wildman–Crippen LogP) is 3.18. The summed E-state index contributed by atoms with van der Waals surface area (Å²) < 4.78 is 7.38. The maximum atomic E-state index is 5.18. The smallest absolute Gasteiger partial charge is 0.156 e. The molecule has 3 rings (SSSR count). The van der Waals surface area contributed by atoms with E-state index in [0.29, 0.717) is 0 Å². The van der Waals surface area contributed by atoms with Crippen molar-refractivity contribution >= 4 is 10.9 Å². The van der Waals surface area contributed by atoms with E-state index in [1.807, 2.05) is 6.07 Å². The lowest BCUT2D eigenvalue weighted by Crippen LogP contribution is -2.13. The van der Waals surface area contributed by atoms with Crippen molar-refractivity contribution in [1.82, 2.24) is 15.0 Å². The zero-order valence-electron chi connectivity index (χ0n) is 11.7. The number of benzene rings is 1. The molecule has 4 nitrogen and oxygen atoms in total. The summed E-state index contributed by atoms with van der Waals surface area (Å²) in [4.78, 5) is 0. The molecular weight excluding hydrogens is 250 g/mol. The molecule has 0 spiro atoms. The monoisotopic (exact) mass is 269 g/mol. The van der Waals surface area contributed by atoms with Gasteiger partial charge in [0.1, 0.15) is 0 Å². The number of rotatable bonds is 6. The Kier molecular flexibility index (Phi) is 3.83. The van der Waals surface area contributed by atoms with Crippen LogP contribution in [0.25, 0.3) is 10.9 Å². The Morgan fingerprint density at radius 2 is 2.20 bits per heavy atom. The van der Waals surface area contributed by atoms with Gasteiger partial charge in [0.2, 0.25) is 0 Å². The number of fused-ring (bicyclic) bond motifs is 1. The van der Waals surface area contributed by atoms with Crippen molar-refractivity contribution in [2.75, 3.05) is 6.54 Å². The van der Waals surface area contributed by atoms with Crippen LogP contribution in [-0.4, -0.2) is 16.3 Å². The summed E-state index contributed by atoms with van der Waals surface area (Å²) >= 11 is 0. The van der Waals surface area contributed by atoms with Crippen molar-refractivity contribution < 1.29 is 4.52 Å². The average molecular weight is 269 g/mol. The Balaban J connectivity index is 1.87. The molecule has 0 saturated carbocycles. The van der Waals surface area contributed by atoms with Crippen molar-refractivity contribution in [3.05, 3.63) is 54.0 Å². The zero-order valence-corrected chi connectivity index (χ0v) is 11.7. The summed E-state index contributed by atoms with van der Waals surface area (Å²) in [6.07, 6.45) is 4.94. The van der Waals surface area contributed by atoms with Crippen LogP contribution < -0.4 is 5.32 Å². The molecule has 1 aromatic carbocycles. The summed E-state index contributed by atoms with van der Waals surface area (Å²) in [7, 11) is 0. The van der Waals surface area contributed by atoms with Crippen molar-refractivity contribution in [3.63, 3.8) is 0 Å². The molecule has 0 fully saturated rings. The standard InChI is InChI=1S/C16H19N3O/c1-2-8-17-11-13-4-3-5-16-15(13)7-10-19(16)12-14-6-9-18-20-14/h3-7,9-10,17H,2,8,11-12H2,1H3. The van der Waals surface area contributed by atoms with E-state index in [2.05, 4.69) is 52.4 Å². The number of hydrogen-bond donors (Lipinski definition) is 1. The van der Waals surface area contributed by atoms with E-state index in [-0.39, 0.29) is 0 Å². The molecule has 4 heteroatoms. The fraction of sp³-hybridized carbons (Fsp3) is 0.312. The zero-order chi connectivity index (χ0) is 13.8. The van der Waals surface area contributed by atoms with Gasteiger partial charge < -0.3 is 14.4 Å². The van der Waals surface area contributed by atoms with E-state index >= 15 is 0 Å². The second-order valence-electron chi connectivity index (χ2n) is 4.95. The first-order valence-electron chi connectivity index (χ1n) is 7.05. The van der Waals surface area contributed by atoms with Gasteiger partial charge in [0, 0.05) is 29.7 Å². The van der Waals surface area contributed by atoms with Gasteiger partial charge in [-0.1, -0.05) is 24.2 Å². The van der Waals surface area contributed by atoms with Gasteiger partial charge in [-0.15, -0.1) is 0 Å². The van der Waals surface area contributed by atoms with E-state index in [0.717, 1.165) is 31.8 Å². The van der Waals surface area contributed by atoms with Crippen LogP contribution in [0.1, 0.15) is 24.7 Å². The van der Waals surface area contributed by atoms with Crippen LogP contribution in [0.3, 0.4) is 0 Å². The van der Waals surface area contributed by atoms with Crippen LogP contribution in [0.2, 0.25) is 0 Å². The summed E-state index contributed by atoms with van der Waals surface area (Å²) in [6.45, 7) is 4.86. The highest BCUT2D eigenvalue weighted by molar-refractivity contribution is 5.83.